The number of benzene rings is 3. The zero-order chi connectivity index (χ0) is 23.1. The van der Waals surface area contributed by atoms with Crippen molar-refractivity contribution in [1.29, 1.82) is 0 Å². The highest BCUT2D eigenvalue weighted by Crippen LogP contribution is 2.40. The molecule has 0 fully saturated rings. The number of carbonyl (C=O) groups is 1. The van der Waals surface area contributed by atoms with Gasteiger partial charge in [0.15, 0.2) is 5.75 Å². The fourth-order valence-electron chi connectivity index (χ4n) is 3.15. The van der Waals surface area contributed by atoms with Crippen LogP contribution in [0, 0.1) is 0 Å². The summed E-state index contributed by atoms with van der Waals surface area (Å²) in [6.07, 6.45) is -3.85. The normalized spacial score (nSPS) is 13.2. The van der Waals surface area contributed by atoms with Crippen molar-refractivity contribution >= 4 is 27.3 Å². The van der Waals surface area contributed by atoms with Crippen molar-refractivity contribution in [2.75, 3.05) is 16.3 Å². The summed E-state index contributed by atoms with van der Waals surface area (Å²) in [7, 11) is -3.45. The summed E-state index contributed by atoms with van der Waals surface area (Å²) < 4.78 is 72.5. The van der Waals surface area contributed by atoms with E-state index in [2.05, 4.69) is 14.8 Å². The Morgan fingerprint density at radius 2 is 1.72 bits per heavy atom. The molecular formula is C21H15F3N2O5S. The first kappa shape index (κ1) is 21.5. The van der Waals surface area contributed by atoms with Crippen LogP contribution in [0.4, 0.5) is 24.5 Å². The van der Waals surface area contributed by atoms with Gasteiger partial charge < -0.3 is 14.8 Å². The van der Waals surface area contributed by atoms with E-state index < -0.39 is 28.0 Å². The summed E-state index contributed by atoms with van der Waals surface area (Å²) >= 11 is 0. The maximum atomic E-state index is 12.5. The first-order valence-electron chi connectivity index (χ1n) is 9.08. The molecule has 1 aliphatic rings. The molecule has 0 bridgehead atoms. The Balaban J connectivity index is 1.68. The Bertz CT molecular complexity index is 1320. The molecular weight excluding hydrogens is 449 g/mol. The van der Waals surface area contributed by atoms with Gasteiger partial charge in [0.25, 0.3) is 5.91 Å². The van der Waals surface area contributed by atoms with Gasteiger partial charge in [0.2, 0.25) is 10.0 Å². The van der Waals surface area contributed by atoms with E-state index in [0.29, 0.717) is 22.5 Å². The minimum Gasteiger partial charge on any atom is -0.454 e. The number of nitrogens with one attached hydrogen (secondary N) is 2. The average molecular weight is 464 g/mol. The minimum absolute atomic E-state index is 0.0559. The van der Waals surface area contributed by atoms with Gasteiger partial charge in [-0.05, 0) is 53.6 Å². The Morgan fingerprint density at radius 1 is 0.969 bits per heavy atom. The summed E-state index contributed by atoms with van der Waals surface area (Å²) in [4.78, 5) is 12.5. The highest BCUT2D eigenvalue weighted by atomic mass is 32.2. The molecule has 166 valence electrons. The van der Waals surface area contributed by atoms with Crippen LogP contribution in [0.5, 0.6) is 17.2 Å². The lowest BCUT2D eigenvalue weighted by molar-refractivity contribution is -0.274. The molecule has 0 spiro atoms. The summed E-state index contributed by atoms with van der Waals surface area (Å²) in [5.74, 6) is -0.878. The third-order valence-electron chi connectivity index (χ3n) is 4.38. The Kier molecular flexibility index (Phi) is 5.21. The summed E-state index contributed by atoms with van der Waals surface area (Å²) in [6, 6.07) is 14.8. The van der Waals surface area contributed by atoms with Crippen molar-refractivity contribution in [2.24, 2.45) is 0 Å². The summed E-state index contributed by atoms with van der Waals surface area (Å²) in [6.45, 7) is 0. The highest BCUT2D eigenvalue weighted by molar-refractivity contribution is 7.92. The fourth-order valence-corrected chi connectivity index (χ4v) is 3.70. The van der Waals surface area contributed by atoms with E-state index in [9.17, 15) is 26.4 Å². The number of anilines is 2. The van der Waals surface area contributed by atoms with Gasteiger partial charge in [-0.3, -0.25) is 9.52 Å². The number of amides is 1. The molecule has 0 saturated heterocycles. The highest BCUT2D eigenvalue weighted by Gasteiger charge is 2.32. The third kappa shape index (κ3) is 4.94. The summed E-state index contributed by atoms with van der Waals surface area (Å²) in [5, 5.41) is 2.60. The van der Waals surface area contributed by atoms with Gasteiger partial charge in [-0.1, -0.05) is 18.2 Å². The lowest BCUT2D eigenvalue weighted by atomic mass is 10.0. The van der Waals surface area contributed by atoms with Gasteiger partial charge in [-0.15, -0.1) is 13.2 Å². The molecule has 0 unspecified atom stereocenters. The van der Waals surface area contributed by atoms with Gasteiger partial charge in [-0.25, -0.2) is 8.42 Å². The van der Waals surface area contributed by atoms with Crippen LogP contribution >= 0.6 is 0 Å². The third-order valence-corrected chi connectivity index (χ3v) is 4.98. The molecule has 1 aliphatic heterocycles. The van der Waals surface area contributed by atoms with Crippen molar-refractivity contribution in [3.63, 3.8) is 0 Å². The van der Waals surface area contributed by atoms with Crippen LogP contribution < -0.4 is 19.5 Å². The van der Waals surface area contributed by atoms with E-state index in [-0.39, 0.29) is 17.1 Å². The van der Waals surface area contributed by atoms with E-state index in [0.717, 1.165) is 18.4 Å². The molecule has 4 rings (SSSR count). The van der Waals surface area contributed by atoms with Crippen LogP contribution in [-0.2, 0) is 10.0 Å². The van der Waals surface area contributed by atoms with Crippen molar-refractivity contribution in [3.8, 4) is 28.4 Å². The second-order valence-electron chi connectivity index (χ2n) is 6.93. The smallest absolute Gasteiger partial charge is 0.454 e. The van der Waals surface area contributed by atoms with Gasteiger partial charge in [0, 0.05) is 5.69 Å². The van der Waals surface area contributed by atoms with Gasteiger partial charge in [0.1, 0.15) is 11.5 Å². The topological polar surface area (TPSA) is 93.7 Å². The lowest BCUT2D eigenvalue weighted by Crippen LogP contribution is -2.18. The Labute approximate surface area is 180 Å². The number of hydrogen-bond donors (Lipinski definition) is 2. The van der Waals surface area contributed by atoms with Crippen molar-refractivity contribution < 1.29 is 35.9 Å². The monoisotopic (exact) mass is 464 g/mol. The van der Waals surface area contributed by atoms with Gasteiger partial charge in [0.05, 0.1) is 17.5 Å². The predicted molar refractivity (Wildman–Crippen MR) is 111 cm³/mol. The Hall–Kier alpha value is -3.73. The maximum Gasteiger partial charge on any atom is 0.573 e. The molecule has 0 radical (unpaired) electrons. The molecule has 11 heteroatoms. The molecule has 0 atom stereocenters. The summed E-state index contributed by atoms with van der Waals surface area (Å²) in [5.41, 5.74) is 1.91. The van der Waals surface area contributed by atoms with Crippen LogP contribution in [0.2, 0.25) is 0 Å². The van der Waals surface area contributed by atoms with E-state index in [1.54, 1.807) is 42.5 Å². The predicted octanol–water partition coefficient (Wildman–Crippen LogP) is 4.98. The second kappa shape index (κ2) is 7.75. The van der Waals surface area contributed by atoms with E-state index in [1.165, 1.54) is 6.07 Å². The average Bonchev–Trinajstić information content (AvgIpc) is 2.81. The first-order chi connectivity index (χ1) is 15.0. The van der Waals surface area contributed by atoms with Crippen molar-refractivity contribution in [2.45, 2.75) is 6.36 Å². The standard InChI is InChI=1S/C21H15F3N2O5S/c1-32(28,29)26-14-4-2-3-12(9-14)13-5-7-17-19(10-13)30-18-8-6-15(31-21(22,23)24)11-16(18)20(27)25-17/h2-11,26H,1H3,(H,25,27). The largest absolute Gasteiger partial charge is 0.573 e. The lowest BCUT2D eigenvalue weighted by Gasteiger charge is -2.12. The second-order valence-corrected chi connectivity index (χ2v) is 8.68. The van der Waals surface area contributed by atoms with Crippen LogP contribution in [-0.4, -0.2) is 26.9 Å². The molecule has 1 amide bonds. The zero-order valence-electron chi connectivity index (χ0n) is 16.4. The molecule has 3 aromatic rings. The quantitative estimate of drug-likeness (QED) is 0.568. The van der Waals surface area contributed by atoms with E-state index in [1.807, 2.05) is 0 Å². The van der Waals surface area contributed by atoms with E-state index in [4.69, 9.17) is 4.74 Å². The van der Waals surface area contributed by atoms with Gasteiger partial charge in [-0.2, -0.15) is 0 Å². The number of hydrogen-bond acceptors (Lipinski definition) is 5. The Morgan fingerprint density at radius 3 is 2.44 bits per heavy atom. The van der Waals surface area contributed by atoms with Crippen molar-refractivity contribution in [3.05, 3.63) is 66.2 Å². The van der Waals surface area contributed by atoms with Crippen molar-refractivity contribution in [1.82, 2.24) is 0 Å². The number of halogens is 3. The van der Waals surface area contributed by atoms with Crippen LogP contribution in [0.15, 0.2) is 60.7 Å². The zero-order valence-corrected chi connectivity index (χ0v) is 17.2. The SMILES string of the molecule is CS(=O)(=O)Nc1cccc(-c2ccc3c(c2)Oc2ccc(OC(F)(F)F)cc2C(=O)N3)c1. The molecule has 2 N–H and O–H groups in total. The molecule has 3 aromatic carbocycles. The number of sulfonamides is 1. The molecule has 1 heterocycles. The number of ether oxygens (including phenoxy) is 2. The molecule has 7 nitrogen and oxygen atoms in total. The number of fused-ring (bicyclic) bond motifs is 2. The number of alkyl halides is 3. The van der Waals surface area contributed by atoms with Crippen LogP contribution in [0.1, 0.15) is 10.4 Å². The number of rotatable bonds is 4. The van der Waals surface area contributed by atoms with E-state index >= 15 is 0 Å². The molecule has 0 saturated carbocycles. The first-order valence-corrected chi connectivity index (χ1v) is 11.0. The maximum absolute atomic E-state index is 12.5. The van der Waals surface area contributed by atoms with Gasteiger partial charge >= 0.3 is 6.36 Å². The van der Waals surface area contributed by atoms with Crippen LogP contribution in [0.25, 0.3) is 11.1 Å². The fraction of sp³-hybridized carbons (Fsp3) is 0.0952. The molecule has 0 aliphatic carbocycles. The van der Waals surface area contributed by atoms with Crippen LogP contribution in [0.3, 0.4) is 0 Å². The minimum atomic E-state index is -4.89. The number of carbonyl (C=O) groups excluding carboxylic acids is 1. The molecule has 0 aromatic heterocycles. The molecule has 32 heavy (non-hydrogen) atoms.